The van der Waals surface area contributed by atoms with Gasteiger partial charge in [0.2, 0.25) is 0 Å². The highest BCUT2D eigenvalue weighted by atomic mass is 16.5. The Labute approximate surface area is 118 Å². The van der Waals surface area contributed by atoms with E-state index in [-0.39, 0.29) is 0 Å². The number of rotatable bonds is 8. The van der Waals surface area contributed by atoms with Gasteiger partial charge in [-0.25, -0.2) is 0 Å². The van der Waals surface area contributed by atoms with E-state index in [0.717, 1.165) is 25.3 Å². The predicted octanol–water partition coefficient (Wildman–Crippen LogP) is 3.08. The maximum absolute atomic E-state index is 5.32. The second-order valence-electron chi connectivity index (χ2n) is 5.32. The van der Waals surface area contributed by atoms with Gasteiger partial charge in [-0.15, -0.1) is 0 Å². The second kappa shape index (κ2) is 8.18. The molecule has 0 aliphatic rings. The summed E-state index contributed by atoms with van der Waals surface area (Å²) in [6.07, 6.45) is 1.14. The highest BCUT2D eigenvalue weighted by Gasteiger charge is 2.15. The summed E-state index contributed by atoms with van der Waals surface area (Å²) >= 11 is 0. The molecule has 108 valence electrons. The first-order chi connectivity index (χ1) is 9.08. The molecule has 0 bridgehead atoms. The van der Waals surface area contributed by atoms with Gasteiger partial charge in [-0.05, 0) is 51.6 Å². The van der Waals surface area contributed by atoms with Crippen LogP contribution in [0.2, 0.25) is 0 Å². The minimum Gasteiger partial charge on any atom is -0.497 e. The molecule has 1 N–H and O–H groups in total. The quantitative estimate of drug-likeness (QED) is 0.781. The van der Waals surface area contributed by atoms with Crippen LogP contribution in [0.1, 0.15) is 38.8 Å². The summed E-state index contributed by atoms with van der Waals surface area (Å²) in [5, 5.41) is 3.63. The summed E-state index contributed by atoms with van der Waals surface area (Å²) in [5.41, 5.74) is 1.29. The van der Waals surface area contributed by atoms with E-state index in [4.69, 9.17) is 4.74 Å². The summed E-state index contributed by atoms with van der Waals surface area (Å²) in [6, 6.07) is 9.25. The first kappa shape index (κ1) is 16.0. The number of nitrogens with zero attached hydrogens (tertiary/aromatic N) is 1. The zero-order valence-corrected chi connectivity index (χ0v) is 12.9. The van der Waals surface area contributed by atoms with Crippen molar-refractivity contribution in [1.29, 1.82) is 0 Å². The number of nitrogens with one attached hydrogen (secondary N) is 1. The molecule has 0 heterocycles. The Balaban J connectivity index is 2.82. The van der Waals surface area contributed by atoms with Gasteiger partial charge >= 0.3 is 0 Å². The van der Waals surface area contributed by atoms with Crippen molar-refractivity contribution >= 4 is 0 Å². The van der Waals surface area contributed by atoms with Crippen molar-refractivity contribution in [2.24, 2.45) is 0 Å². The molecule has 19 heavy (non-hydrogen) atoms. The van der Waals surface area contributed by atoms with Gasteiger partial charge in [0.15, 0.2) is 0 Å². The Morgan fingerprint density at radius 2 is 2.05 bits per heavy atom. The Bertz CT molecular complexity index is 366. The van der Waals surface area contributed by atoms with Crippen LogP contribution in [0.15, 0.2) is 24.3 Å². The zero-order chi connectivity index (χ0) is 14.3. The van der Waals surface area contributed by atoms with Crippen LogP contribution in [-0.2, 0) is 0 Å². The summed E-state index contributed by atoms with van der Waals surface area (Å²) < 4.78 is 5.32. The molecule has 0 amide bonds. The zero-order valence-electron chi connectivity index (χ0n) is 12.9. The fraction of sp³-hybridized carbons (Fsp3) is 0.625. The predicted molar refractivity (Wildman–Crippen MR) is 81.8 cm³/mol. The number of benzene rings is 1. The van der Waals surface area contributed by atoms with Crippen LogP contribution in [0.5, 0.6) is 5.75 Å². The van der Waals surface area contributed by atoms with Gasteiger partial charge in [-0.3, -0.25) is 0 Å². The number of likely N-dealkylation sites (N-methyl/N-ethyl adjacent to an activating group) is 1. The van der Waals surface area contributed by atoms with Crippen molar-refractivity contribution in [3.63, 3.8) is 0 Å². The lowest BCUT2D eigenvalue weighted by Crippen LogP contribution is -2.36. The summed E-state index contributed by atoms with van der Waals surface area (Å²) in [5.74, 6) is 0.924. The third-order valence-corrected chi connectivity index (χ3v) is 3.49. The van der Waals surface area contributed by atoms with E-state index in [9.17, 15) is 0 Å². The lowest BCUT2D eigenvalue weighted by molar-refractivity contribution is 0.242. The molecule has 1 atom stereocenters. The van der Waals surface area contributed by atoms with Crippen molar-refractivity contribution in [2.45, 2.75) is 39.3 Å². The number of methoxy groups -OCH3 is 1. The standard InChI is InChI=1S/C16H28N2O/c1-6-10-17-16(12-18(4)13(2)3)14-8-7-9-15(11-14)19-5/h7-9,11,13,16-17H,6,10,12H2,1-5H3. The first-order valence-electron chi connectivity index (χ1n) is 7.16. The third-order valence-electron chi connectivity index (χ3n) is 3.49. The second-order valence-corrected chi connectivity index (χ2v) is 5.32. The Morgan fingerprint density at radius 1 is 1.32 bits per heavy atom. The minimum absolute atomic E-state index is 0.349. The number of hydrogen-bond acceptors (Lipinski definition) is 3. The monoisotopic (exact) mass is 264 g/mol. The largest absolute Gasteiger partial charge is 0.497 e. The van der Waals surface area contributed by atoms with Crippen molar-refractivity contribution in [3.05, 3.63) is 29.8 Å². The van der Waals surface area contributed by atoms with Crippen LogP contribution in [0.25, 0.3) is 0 Å². The molecule has 0 saturated carbocycles. The molecule has 0 saturated heterocycles. The van der Waals surface area contributed by atoms with Crippen molar-refractivity contribution in [3.8, 4) is 5.75 Å². The molecule has 0 aromatic heterocycles. The highest BCUT2D eigenvalue weighted by molar-refractivity contribution is 5.30. The molecule has 1 aromatic rings. The van der Waals surface area contributed by atoms with Crippen LogP contribution in [0.4, 0.5) is 0 Å². The van der Waals surface area contributed by atoms with E-state index in [1.807, 2.05) is 6.07 Å². The molecule has 3 nitrogen and oxygen atoms in total. The van der Waals surface area contributed by atoms with Gasteiger partial charge in [-0.1, -0.05) is 19.1 Å². The topological polar surface area (TPSA) is 24.5 Å². The highest BCUT2D eigenvalue weighted by Crippen LogP contribution is 2.20. The molecule has 0 radical (unpaired) electrons. The Morgan fingerprint density at radius 3 is 2.63 bits per heavy atom. The molecule has 0 aliphatic heterocycles. The van der Waals surface area contributed by atoms with Crippen LogP contribution >= 0.6 is 0 Å². The molecule has 0 aliphatic carbocycles. The lowest BCUT2D eigenvalue weighted by Gasteiger charge is -2.28. The van der Waals surface area contributed by atoms with Gasteiger partial charge < -0.3 is 15.0 Å². The number of ether oxygens (including phenoxy) is 1. The SMILES string of the molecule is CCCNC(CN(C)C(C)C)c1cccc(OC)c1. The Kier molecular flexibility index (Phi) is 6.89. The van der Waals surface area contributed by atoms with Crippen molar-refractivity contribution < 1.29 is 4.74 Å². The summed E-state index contributed by atoms with van der Waals surface area (Å²) in [7, 11) is 3.89. The number of hydrogen-bond donors (Lipinski definition) is 1. The normalized spacial score (nSPS) is 13.0. The molecule has 0 spiro atoms. The fourth-order valence-electron chi connectivity index (χ4n) is 1.96. The van der Waals surface area contributed by atoms with Crippen LogP contribution in [0, 0.1) is 0 Å². The third kappa shape index (κ3) is 5.21. The average molecular weight is 264 g/mol. The molecule has 1 unspecified atom stereocenters. The molecular formula is C16H28N2O. The maximum atomic E-state index is 5.32. The van der Waals surface area contributed by atoms with Gasteiger partial charge in [0.05, 0.1) is 7.11 Å². The van der Waals surface area contributed by atoms with E-state index in [1.165, 1.54) is 5.56 Å². The molecule has 1 rings (SSSR count). The van der Waals surface area contributed by atoms with E-state index in [0.29, 0.717) is 12.1 Å². The fourth-order valence-corrected chi connectivity index (χ4v) is 1.96. The van der Waals surface area contributed by atoms with Crippen LogP contribution in [-0.4, -0.2) is 38.2 Å². The van der Waals surface area contributed by atoms with E-state index in [2.05, 4.69) is 56.2 Å². The van der Waals surface area contributed by atoms with Crippen molar-refractivity contribution in [1.82, 2.24) is 10.2 Å². The minimum atomic E-state index is 0.349. The average Bonchev–Trinajstić information content (AvgIpc) is 2.43. The Hall–Kier alpha value is -1.06. The lowest BCUT2D eigenvalue weighted by atomic mass is 10.1. The molecule has 0 fully saturated rings. The van der Waals surface area contributed by atoms with Gasteiger partial charge in [0, 0.05) is 18.6 Å². The smallest absolute Gasteiger partial charge is 0.119 e. The maximum Gasteiger partial charge on any atom is 0.119 e. The van der Waals surface area contributed by atoms with E-state index < -0.39 is 0 Å². The molecule has 3 heteroatoms. The van der Waals surface area contributed by atoms with Gasteiger partial charge in [0.25, 0.3) is 0 Å². The van der Waals surface area contributed by atoms with Crippen molar-refractivity contribution in [2.75, 3.05) is 27.2 Å². The van der Waals surface area contributed by atoms with Crippen LogP contribution in [0.3, 0.4) is 0 Å². The molecular weight excluding hydrogens is 236 g/mol. The first-order valence-corrected chi connectivity index (χ1v) is 7.16. The van der Waals surface area contributed by atoms with Gasteiger partial charge in [0.1, 0.15) is 5.75 Å². The molecule has 1 aromatic carbocycles. The van der Waals surface area contributed by atoms with Crippen LogP contribution < -0.4 is 10.1 Å². The van der Waals surface area contributed by atoms with Gasteiger partial charge in [-0.2, -0.15) is 0 Å². The summed E-state index contributed by atoms with van der Waals surface area (Å²) in [6.45, 7) is 8.69. The summed E-state index contributed by atoms with van der Waals surface area (Å²) in [4.78, 5) is 2.37. The van der Waals surface area contributed by atoms with E-state index >= 15 is 0 Å². The van der Waals surface area contributed by atoms with E-state index in [1.54, 1.807) is 7.11 Å².